The number of imidazole rings is 1. The average Bonchev–Trinajstić information content (AvgIpc) is 2.92. The van der Waals surface area contributed by atoms with Crippen LogP contribution in [0.2, 0.25) is 0 Å². The minimum absolute atomic E-state index is 0.215. The maximum absolute atomic E-state index is 10.2. The molecule has 20 heavy (non-hydrogen) atoms. The first-order chi connectivity index (χ1) is 9.46. The SMILES string of the molecule is C[C@@]1(O)C(O)[C@H](n2cnc3c(N)ncnc32)O[C@@H]1CO. The molecule has 0 aliphatic carbocycles. The molecule has 1 fully saturated rings. The van der Waals surface area contributed by atoms with Crippen molar-refractivity contribution in [2.75, 3.05) is 12.3 Å². The van der Waals surface area contributed by atoms with E-state index in [9.17, 15) is 15.3 Å². The molecule has 1 aliphatic rings. The van der Waals surface area contributed by atoms with Gasteiger partial charge in [0, 0.05) is 0 Å². The Labute approximate surface area is 113 Å². The van der Waals surface area contributed by atoms with Crippen molar-refractivity contribution in [3.63, 3.8) is 0 Å². The summed E-state index contributed by atoms with van der Waals surface area (Å²) in [4.78, 5) is 12.0. The number of nitrogens with two attached hydrogens (primary N) is 1. The van der Waals surface area contributed by atoms with Crippen molar-refractivity contribution in [1.82, 2.24) is 19.5 Å². The van der Waals surface area contributed by atoms with E-state index in [0.717, 1.165) is 0 Å². The van der Waals surface area contributed by atoms with Crippen LogP contribution in [0.15, 0.2) is 12.7 Å². The van der Waals surface area contributed by atoms with Crippen LogP contribution in [0.25, 0.3) is 11.2 Å². The van der Waals surface area contributed by atoms with Crippen LogP contribution in [-0.4, -0.2) is 59.3 Å². The Bertz CT molecular complexity index is 643. The van der Waals surface area contributed by atoms with Crippen LogP contribution in [0.4, 0.5) is 5.82 Å². The van der Waals surface area contributed by atoms with E-state index in [0.29, 0.717) is 11.2 Å². The molecule has 3 heterocycles. The molecule has 4 atom stereocenters. The lowest BCUT2D eigenvalue weighted by molar-refractivity contribution is -0.0804. The van der Waals surface area contributed by atoms with Gasteiger partial charge in [-0.25, -0.2) is 15.0 Å². The van der Waals surface area contributed by atoms with Gasteiger partial charge >= 0.3 is 0 Å². The van der Waals surface area contributed by atoms with Gasteiger partial charge in [-0.1, -0.05) is 0 Å². The molecule has 1 aliphatic heterocycles. The van der Waals surface area contributed by atoms with Crippen molar-refractivity contribution in [2.45, 2.75) is 31.0 Å². The number of nitrogens with zero attached hydrogens (tertiary/aromatic N) is 4. The lowest BCUT2D eigenvalue weighted by Crippen LogP contribution is -2.46. The number of aliphatic hydroxyl groups is 3. The summed E-state index contributed by atoms with van der Waals surface area (Å²) in [6, 6.07) is 0. The van der Waals surface area contributed by atoms with E-state index in [4.69, 9.17) is 10.5 Å². The zero-order valence-corrected chi connectivity index (χ0v) is 10.7. The van der Waals surface area contributed by atoms with Gasteiger partial charge < -0.3 is 25.8 Å². The van der Waals surface area contributed by atoms with Crippen molar-refractivity contribution < 1.29 is 20.1 Å². The summed E-state index contributed by atoms with van der Waals surface area (Å²) in [6.07, 6.45) is -0.382. The van der Waals surface area contributed by atoms with Crippen molar-refractivity contribution in [2.24, 2.45) is 0 Å². The molecule has 2 aromatic rings. The van der Waals surface area contributed by atoms with Gasteiger partial charge in [-0.3, -0.25) is 4.57 Å². The molecule has 108 valence electrons. The Hall–Kier alpha value is -1.81. The zero-order chi connectivity index (χ0) is 14.5. The van der Waals surface area contributed by atoms with Crippen LogP contribution in [0, 0.1) is 0 Å². The molecule has 0 saturated carbocycles. The number of rotatable bonds is 2. The molecule has 1 saturated heterocycles. The number of ether oxygens (including phenoxy) is 1. The van der Waals surface area contributed by atoms with Gasteiger partial charge in [0.1, 0.15) is 29.7 Å². The molecule has 9 nitrogen and oxygen atoms in total. The fourth-order valence-electron chi connectivity index (χ4n) is 2.36. The molecule has 0 spiro atoms. The molecule has 0 aromatic carbocycles. The highest BCUT2D eigenvalue weighted by atomic mass is 16.6. The van der Waals surface area contributed by atoms with Crippen LogP contribution in [-0.2, 0) is 4.74 Å². The van der Waals surface area contributed by atoms with Gasteiger partial charge in [-0.05, 0) is 6.92 Å². The highest BCUT2D eigenvalue weighted by Crippen LogP contribution is 2.37. The van der Waals surface area contributed by atoms with Crippen molar-refractivity contribution in [3.8, 4) is 0 Å². The van der Waals surface area contributed by atoms with Crippen molar-refractivity contribution in [3.05, 3.63) is 12.7 Å². The number of aliphatic hydroxyl groups excluding tert-OH is 2. The molecule has 2 aromatic heterocycles. The van der Waals surface area contributed by atoms with Crippen molar-refractivity contribution >= 4 is 17.0 Å². The summed E-state index contributed by atoms with van der Waals surface area (Å²) in [7, 11) is 0. The van der Waals surface area contributed by atoms with E-state index in [-0.39, 0.29) is 5.82 Å². The third kappa shape index (κ3) is 1.68. The monoisotopic (exact) mass is 281 g/mol. The second kappa shape index (κ2) is 4.35. The number of fused-ring (bicyclic) bond motifs is 1. The first kappa shape index (κ1) is 13.2. The minimum Gasteiger partial charge on any atom is -0.394 e. The highest BCUT2D eigenvalue weighted by Gasteiger charge is 2.52. The maximum atomic E-state index is 10.2. The zero-order valence-electron chi connectivity index (χ0n) is 10.7. The molecule has 1 unspecified atom stereocenters. The smallest absolute Gasteiger partial charge is 0.167 e. The second-order valence-corrected chi connectivity index (χ2v) is 4.95. The Morgan fingerprint density at radius 3 is 2.85 bits per heavy atom. The highest BCUT2D eigenvalue weighted by molar-refractivity contribution is 5.81. The van der Waals surface area contributed by atoms with Crippen LogP contribution >= 0.6 is 0 Å². The summed E-state index contributed by atoms with van der Waals surface area (Å²) in [6.45, 7) is 0.991. The number of nitrogen functional groups attached to an aromatic ring is 1. The van der Waals surface area contributed by atoms with E-state index in [2.05, 4.69) is 15.0 Å². The average molecular weight is 281 g/mol. The lowest BCUT2D eigenvalue weighted by Gasteiger charge is -2.25. The molecule has 9 heteroatoms. The van der Waals surface area contributed by atoms with E-state index in [1.54, 1.807) is 0 Å². The predicted molar refractivity (Wildman–Crippen MR) is 67.4 cm³/mol. The van der Waals surface area contributed by atoms with Gasteiger partial charge in [0.2, 0.25) is 0 Å². The first-order valence-electron chi connectivity index (χ1n) is 6.06. The Morgan fingerprint density at radius 2 is 2.20 bits per heavy atom. The largest absolute Gasteiger partial charge is 0.394 e. The number of anilines is 1. The third-order valence-corrected chi connectivity index (χ3v) is 3.65. The van der Waals surface area contributed by atoms with Crippen LogP contribution in [0.1, 0.15) is 13.2 Å². The second-order valence-electron chi connectivity index (χ2n) is 4.95. The molecule has 0 radical (unpaired) electrons. The maximum Gasteiger partial charge on any atom is 0.167 e. The van der Waals surface area contributed by atoms with Gasteiger partial charge in [-0.15, -0.1) is 0 Å². The van der Waals surface area contributed by atoms with Gasteiger partial charge in [-0.2, -0.15) is 0 Å². The minimum atomic E-state index is -1.57. The fourth-order valence-corrected chi connectivity index (χ4v) is 2.36. The molecule has 5 N–H and O–H groups in total. The Balaban J connectivity index is 2.06. The van der Waals surface area contributed by atoms with Crippen LogP contribution < -0.4 is 5.73 Å². The summed E-state index contributed by atoms with van der Waals surface area (Å²) in [5.41, 5.74) is 4.88. The number of hydrogen-bond acceptors (Lipinski definition) is 8. The molecule has 3 rings (SSSR count). The quantitative estimate of drug-likeness (QED) is 0.516. The summed E-state index contributed by atoms with van der Waals surface area (Å²) in [5, 5.41) is 29.6. The molecular weight excluding hydrogens is 266 g/mol. The lowest BCUT2D eigenvalue weighted by atomic mass is 9.95. The van der Waals surface area contributed by atoms with Gasteiger partial charge in [0.05, 0.1) is 12.9 Å². The Kier molecular flexibility index (Phi) is 2.87. The van der Waals surface area contributed by atoms with E-state index in [1.165, 1.54) is 24.1 Å². The summed E-state index contributed by atoms with van der Waals surface area (Å²) >= 11 is 0. The Morgan fingerprint density at radius 1 is 1.45 bits per heavy atom. The molecular formula is C11H15N5O4. The normalized spacial score (nSPS) is 33.9. The van der Waals surface area contributed by atoms with Crippen molar-refractivity contribution in [1.29, 1.82) is 0 Å². The number of hydrogen-bond donors (Lipinski definition) is 4. The third-order valence-electron chi connectivity index (χ3n) is 3.65. The molecule has 0 amide bonds. The predicted octanol–water partition coefficient (Wildman–Crippen LogP) is -1.59. The van der Waals surface area contributed by atoms with E-state index in [1.807, 2.05) is 0 Å². The van der Waals surface area contributed by atoms with Gasteiger partial charge in [0.15, 0.2) is 17.7 Å². The fraction of sp³-hybridized carbons (Fsp3) is 0.545. The van der Waals surface area contributed by atoms with E-state index < -0.39 is 30.6 Å². The topological polar surface area (TPSA) is 140 Å². The summed E-state index contributed by atoms with van der Waals surface area (Å²) in [5.74, 6) is 0.215. The first-order valence-corrected chi connectivity index (χ1v) is 6.06. The number of aromatic nitrogens is 4. The summed E-state index contributed by atoms with van der Waals surface area (Å²) < 4.78 is 6.96. The van der Waals surface area contributed by atoms with Crippen LogP contribution in [0.5, 0.6) is 0 Å². The van der Waals surface area contributed by atoms with Crippen LogP contribution in [0.3, 0.4) is 0 Å². The standard InChI is InChI=1S/C11H15N5O4/c1-11(19)5(2-17)20-10(7(11)18)16-4-15-6-8(12)13-3-14-9(6)16/h3-5,7,10,17-19H,2H2,1H3,(H2,12,13,14)/t5-,7?,10-,11+/m1/s1. The van der Waals surface area contributed by atoms with E-state index >= 15 is 0 Å². The van der Waals surface area contributed by atoms with Gasteiger partial charge in [0.25, 0.3) is 0 Å². The molecule has 0 bridgehead atoms.